The second-order valence-corrected chi connectivity index (χ2v) is 13.4. The van der Waals surface area contributed by atoms with Crippen molar-refractivity contribution < 1.29 is 26.5 Å². The molecule has 0 aromatic heterocycles. The fourth-order valence-electron chi connectivity index (χ4n) is 6.67. The van der Waals surface area contributed by atoms with E-state index in [4.69, 9.17) is 0 Å². The average molecular weight is 557 g/mol. The van der Waals surface area contributed by atoms with Crippen LogP contribution in [0.3, 0.4) is 0 Å². The molecule has 1 aliphatic carbocycles. The number of carbonyl (C=O) groups excluding carboxylic acids is 1. The number of carbonyl (C=O) groups is 1. The molecule has 1 aromatic rings. The molecule has 8 nitrogen and oxygen atoms in total. The smallest absolute Gasteiger partial charge is 0.305 e. The van der Waals surface area contributed by atoms with E-state index in [0.717, 1.165) is 57.9 Å². The third kappa shape index (κ3) is 5.97. The third-order valence-corrected chi connectivity index (χ3v) is 10.5. The summed E-state index contributed by atoms with van der Waals surface area (Å²) in [6.07, 6.45) is 2.28. The molecule has 0 unspecified atom stereocenters. The molecule has 2 atom stereocenters. The minimum Gasteiger partial charge on any atom is -0.305 e. The van der Waals surface area contributed by atoms with Gasteiger partial charge in [0, 0.05) is 50.9 Å². The van der Waals surface area contributed by atoms with E-state index in [1.54, 1.807) is 0 Å². The molecule has 4 rings (SSSR count). The van der Waals surface area contributed by atoms with Crippen molar-refractivity contribution in [2.45, 2.75) is 82.6 Å². The van der Waals surface area contributed by atoms with Crippen molar-refractivity contribution in [3.05, 3.63) is 29.8 Å². The van der Waals surface area contributed by atoms with Gasteiger partial charge in [-0.2, -0.15) is 0 Å². The molecule has 2 saturated heterocycles. The van der Waals surface area contributed by atoms with E-state index in [2.05, 4.69) is 47.5 Å². The van der Waals surface area contributed by atoms with Gasteiger partial charge in [-0.3, -0.25) is 9.80 Å². The maximum Gasteiger partial charge on any atom is 0.318 e. The van der Waals surface area contributed by atoms with Gasteiger partial charge in [-0.15, -0.1) is 0 Å². The zero-order chi connectivity index (χ0) is 27.7. The Morgan fingerprint density at radius 2 is 1.71 bits per heavy atom. The fraction of sp³-hybridized carbons (Fsp3) is 0.741. The number of sulfonamides is 1. The maximum absolute atomic E-state index is 14.3. The molecule has 2 aliphatic heterocycles. The van der Waals surface area contributed by atoms with E-state index in [9.17, 15) is 22.0 Å². The van der Waals surface area contributed by atoms with E-state index < -0.39 is 26.6 Å². The van der Waals surface area contributed by atoms with Crippen LogP contribution in [0.5, 0.6) is 0 Å². The van der Waals surface area contributed by atoms with Crippen LogP contribution in [-0.2, 0) is 14.8 Å². The molecular weight excluding hydrogens is 512 g/mol. The zero-order valence-corrected chi connectivity index (χ0v) is 23.9. The number of nitrogens with one attached hydrogen (secondary N) is 2. The van der Waals surface area contributed by atoms with E-state index in [-0.39, 0.29) is 30.1 Å². The van der Waals surface area contributed by atoms with Crippen LogP contribution in [0.4, 0.5) is 8.78 Å². The van der Waals surface area contributed by atoms with Crippen molar-refractivity contribution in [2.75, 3.05) is 45.8 Å². The van der Waals surface area contributed by atoms with E-state index in [1.807, 2.05) is 0 Å². The van der Waals surface area contributed by atoms with Gasteiger partial charge in [0.15, 0.2) is 6.17 Å². The summed E-state index contributed by atoms with van der Waals surface area (Å²) in [5, 5.41) is 3.54. The number of quaternary nitrogens is 1. The first kappa shape index (κ1) is 29.5. The highest BCUT2D eigenvalue weighted by Crippen LogP contribution is 2.35. The number of hydrogen-bond acceptors (Lipinski definition) is 6. The number of rotatable bonds is 7. The van der Waals surface area contributed by atoms with Crippen LogP contribution in [0, 0.1) is 17.6 Å². The van der Waals surface area contributed by atoms with Crippen molar-refractivity contribution in [1.82, 2.24) is 19.8 Å². The Labute approximate surface area is 226 Å². The third-order valence-electron chi connectivity index (χ3n) is 8.93. The van der Waals surface area contributed by atoms with Gasteiger partial charge in [0.25, 0.3) is 0 Å². The Bertz CT molecular complexity index is 1090. The number of hydrogen-bond donors (Lipinski definition) is 2. The lowest BCUT2D eigenvalue weighted by Crippen LogP contribution is -2.76. The summed E-state index contributed by atoms with van der Waals surface area (Å²) in [5.41, 5.74) is 0. The van der Waals surface area contributed by atoms with Gasteiger partial charge in [-0.25, -0.2) is 31.2 Å². The summed E-state index contributed by atoms with van der Waals surface area (Å²) in [5.74, 6) is -1.80. The summed E-state index contributed by atoms with van der Waals surface area (Å²) < 4.78 is 55.9. The molecule has 1 saturated carbocycles. The molecule has 3 fully saturated rings. The SMILES string of the molecule is CC(C)N1CCN([C@@H]2CNCC[N@+]2(C(=O)C2CCC(NS(=O)(=O)c3ccc(F)cc3F)CC2)C(C)C)CC1. The predicted octanol–water partition coefficient (Wildman–Crippen LogP) is 2.51. The Kier molecular flexibility index (Phi) is 9.26. The molecule has 2 N–H and O–H groups in total. The van der Waals surface area contributed by atoms with Gasteiger partial charge in [-0.05, 0) is 65.5 Å². The normalized spacial score (nSPS) is 30.2. The molecule has 11 heteroatoms. The molecular formula is C27H44F2N5O3S+. The molecule has 2 heterocycles. The van der Waals surface area contributed by atoms with Crippen LogP contribution >= 0.6 is 0 Å². The number of nitrogens with zero attached hydrogens (tertiary/aromatic N) is 3. The molecule has 214 valence electrons. The molecule has 1 aromatic carbocycles. The summed E-state index contributed by atoms with van der Waals surface area (Å²) in [7, 11) is -4.12. The van der Waals surface area contributed by atoms with E-state index in [0.29, 0.717) is 42.3 Å². The Balaban J connectivity index is 1.44. The van der Waals surface area contributed by atoms with Crippen molar-refractivity contribution in [3.63, 3.8) is 0 Å². The highest BCUT2D eigenvalue weighted by Gasteiger charge is 2.53. The molecule has 0 spiro atoms. The van der Waals surface area contributed by atoms with Crippen molar-refractivity contribution >= 4 is 15.9 Å². The molecule has 1 amide bonds. The minimum atomic E-state index is -4.12. The second-order valence-electron chi connectivity index (χ2n) is 11.7. The monoisotopic (exact) mass is 556 g/mol. The number of amides is 1. The number of halogens is 2. The molecule has 0 bridgehead atoms. The Morgan fingerprint density at radius 1 is 1.05 bits per heavy atom. The number of piperazine rings is 2. The van der Waals surface area contributed by atoms with Gasteiger partial charge in [0.1, 0.15) is 16.5 Å². The first-order chi connectivity index (χ1) is 18.0. The van der Waals surface area contributed by atoms with E-state index in [1.165, 1.54) is 0 Å². The van der Waals surface area contributed by atoms with Crippen LogP contribution in [0.15, 0.2) is 23.1 Å². The first-order valence-electron chi connectivity index (χ1n) is 14.0. The Morgan fingerprint density at radius 3 is 2.29 bits per heavy atom. The van der Waals surface area contributed by atoms with Gasteiger partial charge in [0.2, 0.25) is 10.0 Å². The van der Waals surface area contributed by atoms with Gasteiger partial charge < -0.3 is 5.32 Å². The van der Waals surface area contributed by atoms with Gasteiger partial charge in [-0.1, -0.05) is 0 Å². The standard InChI is InChI=1S/C27H44F2N5O3S/c1-19(2)32-12-14-33(15-13-32)26-18-30-11-16-34(26,20(3)4)27(35)21-5-8-23(9-6-21)31-38(36,37)25-10-7-22(28)17-24(25)29/h7,10,17,19-21,23,26,30-31H,5-6,8-9,11-16,18H2,1-4H3/q+1/t21?,23?,26-,34-/m0/s1. The van der Waals surface area contributed by atoms with Gasteiger partial charge >= 0.3 is 5.91 Å². The van der Waals surface area contributed by atoms with Crippen LogP contribution < -0.4 is 10.0 Å². The number of benzene rings is 1. The van der Waals surface area contributed by atoms with E-state index >= 15 is 0 Å². The van der Waals surface area contributed by atoms with Crippen molar-refractivity contribution in [1.29, 1.82) is 0 Å². The largest absolute Gasteiger partial charge is 0.318 e. The quantitative estimate of drug-likeness (QED) is 0.503. The van der Waals surface area contributed by atoms with Crippen molar-refractivity contribution in [3.8, 4) is 0 Å². The van der Waals surface area contributed by atoms with Gasteiger partial charge in [0.05, 0.1) is 25.0 Å². The van der Waals surface area contributed by atoms with Crippen LogP contribution in [-0.4, -0.2) is 98.7 Å². The maximum atomic E-state index is 14.3. The molecule has 0 radical (unpaired) electrons. The lowest BCUT2D eigenvalue weighted by atomic mass is 9.84. The highest BCUT2D eigenvalue weighted by atomic mass is 32.2. The molecule has 38 heavy (non-hydrogen) atoms. The highest BCUT2D eigenvalue weighted by molar-refractivity contribution is 7.89. The predicted molar refractivity (Wildman–Crippen MR) is 143 cm³/mol. The zero-order valence-electron chi connectivity index (χ0n) is 23.1. The van der Waals surface area contributed by atoms with Crippen LogP contribution in [0.2, 0.25) is 0 Å². The lowest BCUT2D eigenvalue weighted by Gasteiger charge is -2.54. The van der Waals surface area contributed by atoms with Crippen molar-refractivity contribution in [2.24, 2.45) is 5.92 Å². The summed E-state index contributed by atoms with van der Waals surface area (Å²) in [6.45, 7) is 15.0. The minimum absolute atomic E-state index is 0.0863. The lowest BCUT2D eigenvalue weighted by molar-refractivity contribution is -0.915. The average Bonchev–Trinajstić information content (AvgIpc) is 2.88. The Hall–Kier alpha value is -1.50. The fourth-order valence-corrected chi connectivity index (χ4v) is 8.03. The molecule has 3 aliphatic rings. The summed E-state index contributed by atoms with van der Waals surface area (Å²) in [6, 6.07) is 2.73. The van der Waals surface area contributed by atoms with Crippen LogP contribution in [0.1, 0.15) is 53.4 Å². The summed E-state index contributed by atoms with van der Waals surface area (Å²) in [4.78, 5) is 18.7. The topological polar surface area (TPSA) is 81.8 Å². The van der Waals surface area contributed by atoms with Crippen LogP contribution in [0.25, 0.3) is 0 Å². The summed E-state index contributed by atoms with van der Waals surface area (Å²) >= 11 is 0. The second kappa shape index (κ2) is 11.9. The first-order valence-corrected chi connectivity index (χ1v) is 15.5.